The first-order valence-corrected chi connectivity index (χ1v) is 8.35. The first kappa shape index (κ1) is 18.1. The van der Waals surface area contributed by atoms with Crippen molar-refractivity contribution >= 4 is 23.2 Å². The van der Waals surface area contributed by atoms with Crippen molar-refractivity contribution < 1.29 is 14.3 Å². The predicted molar refractivity (Wildman–Crippen MR) is 104 cm³/mol. The molecule has 0 aliphatic heterocycles. The monoisotopic (exact) mass is 361 g/mol. The molecule has 0 aliphatic carbocycles. The Morgan fingerprint density at radius 1 is 0.815 bits per heavy atom. The van der Waals surface area contributed by atoms with Gasteiger partial charge in [0.15, 0.2) is 0 Å². The van der Waals surface area contributed by atoms with Gasteiger partial charge in [0.25, 0.3) is 11.8 Å². The molecule has 0 unspecified atom stereocenters. The molecule has 2 N–H and O–H groups in total. The summed E-state index contributed by atoms with van der Waals surface area (Å²) in [6.07, 6.45) is 0. The van der Waals surface area contributed by atoms with Crippen molar-refractivity contribution in [2.45, 2.75) is 6.92 Å². The molecule has 1 aromatic heterocycles. The van der Waals surface area contributed by atoms with Crippen molar-refractivity contribution in [3.05, 3.63) is 83.7 Å². The highest BCUT2D eigenvalue weighted by atomic mass is 16.5. The number of rotatable bonds is 5. The van der Waals surface area contributed by atoms with Crippen molar-refractivity contribution in [3.63, 3.8) is 0 Å². The molecule has 0 spiro atoms. The van der Waals surface area contributed by atoms with Gasteiger partial charge in [-0.15, -0.1) is 0 Å². The molecule has 27 heavy (non-hydrogen) atoms. The molecular formula is C21H19N3O3. The minimum atomic E-state index is -0.297. The standard InChI is InChI=1S/C21H19N3O3/c1-14-4-3-5-19(22-14)21(26)24-16-8-6-15(7-9-16)20(25)23-17-10-12-18(27-2)13-11-17/h3-13H,1-2H3,(H,23,25)(H,24,26). The molecule has 0 saturated heterocycles. The van der Waals surface area contributed by atoms with Crippen LogP contribution in [0.3, 0.4) is 0 Å². The molecule has 6 nitrogen and oxygen atoms in total. The van der Waals surface area contributed by atoms with Gasteiger partial charge in [-0.25, -0.2) is 4.98 Å². The van der Waals surface area contributed by atoms with E-state index in [0.29, 0.717) is 22.6 Å². The molecule has 0 fully saturated rings. The van der Waals surface area contributed by atoms with Crippen molar-refractivity contribution in [1.82, 2.24) is 4.98 Å². The molecular weight excluding hydrogens is 342 g/mol. The summed E-state index contributed by atoms with van der Waals surface area (Å²) in [5, 5.41) is 5.58. The molecule has 0 atom stereocenters. The number of nitrogens with one attached hydrogen (secondary N) is 2. The zero-order valence-electron chi connectivity index (χ0n) is 15.0. The van der Waals surface area contributed by atoms with Crippen LogP contribution in [-0.2, 0) is 0 Å². The number of hydrogen-bond acceptors (Lipinski definition) is 4. The molecule has 136 valence electrons. The van der Waals surface area contributed by atoms with Gasteiger partial charge in [-0.1, -0.05) is 6.07 Å². The van der Waals surface area contributed by atoms with Gasteiger partial charge >= 0.3 is 0 Å². The lowest BCUT2D eigenvalue weighted by molar-refractivity contribution is 0.101. The van der Waals surface area contributed by atoms with Crippen LogP contribution in [-0.4, -0.2) is 23.9 Å². The Labute approximate surface area is 157 Å². The first-order chi connectivity index (χ1) is 13.0. The second-order valence-corrected chi connectivity index (χ2v) is 5.88. The zero-order valence-corrected chi connectivity index (χ0v) is 15.0. The highest BCUT2D eigenvalue weighted by Crippen LogP contribution is 2.17. The number of amides is 2. The van der Waals surface area contributed by atoms with E-state index in [1.54, 1.807) is 67.8 Å². The minimum Gasteiger partial charge on any atom is -0.497 e. The van der Waals surface area contributed by atoms with Crippen molar-refractivity contribution in [3.8, 4) is 5.75 Å². The van der Waals surface area contributed by atoms with E-state index in [4.69, 9.17) is 4.74 Å². The van der Waals surface area contributed by atoms with E-state index in [2.05, 4.69) is 15.6 Å². The lowest BCUT2D eigenvalue weighted by atomic mass is 10.2. The van der Waals surface area contributed by atoms with Crippen LogP contribution in [0.5, 0.6) is 5.75 Å². The van der Waals surface area contributed by atoms with Gasteiger partial charge in [0.1, 0.15) is 11.4 Å². The molecule has 2 aromatic carbocycles. The Balaban J connectivity index is 1.63. The van der Waals surface area contributed by atoms with Gasteiger partial charge in [0, 0.05) is 22.6 Å². The van der Waals surface area contributed by atoms with E-state index in [-0.39, 0.29) is 11.8 Å². The number of hydrogen-bond donors (Lipinski definition) is 2. The van der Waals surface area contributed by atoms with E-state index >= 15 is 0 Å². The molecule has 0 radical (unpaired) electrons. The van der Waals surface area contributed by atoms with Crippen LogP contribution in [0, 0.1) is 6.92 Å². The smallest absolute Gasteiger partial charge is 0.274 e. The van der Waals surface area contributed by atoms with Crippen LogP contribution in [0.25, 0.3) is 0 Å². The molecule has 0 bridgehead atoms. The number of aromatic nitrogens is 1. The zero-order chi connectivity index (χ0) is 19.2. The molecule has 0 aliphatic rings. The lowest BCUT2D eigenvalue weighted by Crippen LogP contribution is -2.15. The van der Waals surface area contributed by atoms with Gasteiger partial charge in [-0.3, -0.25) is 9.59 Å². The topological polar surface area (TPSA) is 80.3 Å². The van der Waals surface area contributed by atoms with Crippen molar-refractivity contribution in [2.24, 2.45) is 0 Å². The SMILES string of the molecule is COc1ccc(NC(=O)c2ccc(NC(=O)c3cccc(C)n3)cc2)cc1. The number of carbonyl (C=O) groups excluding carboxylic acids is 2. The van der Waals surface area contributed by atoms with Crippen molar-refractivity contribution in [2.75, 3.05) is 17.7 Å². The number of aryl methyl sites for hydroxylation is 1. The Bertz CT molecular complexity index is 951. The van der Waals surface area contributed by atoms with Crippen LogP contribution in [0.2, 0.25) is 0 Å². The Morgan fingerprint density at radius 3 is 2.00 bits per heavy atom. The molecule has 6 heteroatoms. The van der Waals surface area contributed by atoms with Crippen LogP contribution < -0.4 is 15.4 Å². The third-order valence-electron chi connectivity index (χ3n) is 3.87. The highest BCUT2D eigenvalue weighted by molar-refractivity contribution is 6.05. The van der Waals surface area contributed by atoms with E-state index in [1.807, 2.05) is 13.0 Å². The quantitative estimate of drug-likeness (QED) is 0.722. The number of pyridine rings is 1. The first-order valence-electron chi connectivity index (χ1n) is 8.35. The van der Waals surface area contributed by atoms with E-state index in [1.165, 1.54) is 0 Å². The second kappa shape index (κ2) is 8.14. The molecule has 3 rings (SSSR count). The van der Waals surface area contributed by atoms with Gasteiger partial charge in [-0.05, 0) is 67.6 Å². The number of methoxy groups -OCH3 is 1. The Kier molecular flexibility index (Phi) is 5.47. The fourth-order valence-electron chi connectivity index (χ4n) is 2.45. The summed E-state index contributed by atoms with van der Waals surface area (Å²) in [7, 11) is 1.59. The number of carbonyl (C=O) groups is 2. The fraction of sp³-hybridized carbons (Fsp3) is 0.0952. The maximum absolute atomic E-state index is 12.3. The van der Waals surface area contributed by atoms with E-state index < -0.39 is 0 Å². The van der Waals surface area contributed by atoms with E-state index in [9.17, 15) is 9.59 Å². The predicted octanol–water partition coefficient (Wildman–Crippen LogP) is 3.90. The van der Waals surface area contributed by atoms with Crippen LogP contribution in [0.4, 0.5) is 11.4 Å². The van der Waals surface area contributed by atoms with Gasteiger partial charge in [-0.2, -0.15) is 0 Å². The van der Waals surface area contributed by atoms with Gasteiger partial charge in [0.2, 0.25) is 0 Å². The van der Waals surface area contributed by atoms with Crippen LogP contribution >= 0.6 is 0 Å². The average molecular weight is 361 g/mol. The third-order valence-corrected chi connectivity index (χ3v) is 3.87. The summed E-state index contributed by atoms with van der Waals surface area (Å²) in [6, 6.07) is 19.0. The Hall–Kier alpha value is -3.67. The normalized spacial score (nSPS) is 10.1. The molecule has 2 amide bonds. The number of nitrogens with zero attached hydrogens (tertiary/aromatic N) is 1. The number of ether oxygens (including phenoxy) is 1. The molecule has 0 saturated carbocycles. The van der Waals surface area contributed by atoms with Crippen LogP contribution in [0.15, 0.2) is 66.7 Å². The van der Waals surface area contributed by atoms with Crippen LogP contribution in [0.1, 0.15) is 26.5 Å². The summed E-state index contributed by atoms with van der Waals surface area (Å²) in [5.41, 5.74) is 2.86. The minimum absolute atomic E-state index is 0.238. The summed E-state index contributed by atoms with van der Waals surface area (Å²) in [4.78, 5) is 28.7. The van der Waals surface area contributed by atoms with Crippen molar-refractivity contribution in [1.29, 1.82) is 0 Å². The largest absolute Gasteiger partial charge is 0.497 e. The highest BCUT2D eigenvalue weighted by Gasteiger charge is 2.10. The van der Waals surface area contributed by atoms with Gasteiger partial charge < -0.3 is 15.4 Å². The summed E-state index contributed by atoms with van der Waals surface area (Å²) in [6.45, 7) is 1.83. The second-order valence-electron chi connectivity index (χ2n) is 5.88. The molecule has 3 aromatic rings. The maximum atomic E-state index is 12.3. The third kappa shape index (κ3) is 4.70. The van der Waals surface area contributed by atoms with E-state index in [0.717, 1.165) is 11.4 Å². The number of anilines is 2. The maximum Gasteiger partial charge on any atom is 0.274 e. The lowest BCUT2D eigenvalue weighted by Gasteiger charge is -2.08. The molecule has 1 heterocycles. The average Bonchev–Trinajstić information content (AvgIpc) is 2.69. The summed E-state index contributed by atoms with van der Waals surface area (Å²) in [5.74, 6) is 0.184. The Morgan fingerprint density at radius 2 is 1.41 bits per heavy atom. The number of benzene rings is 2. The fourth-order valence-corrected chi connectivity index (χ4v) is 2.45. The summed E-state index contributed by atoms with van der Waals surface area (Å²) < 4.78 is 5.09. The summed E-state index contributed by atoms with van der Waals surface area (Å²) >= 11 is 0. The van der Waals surface area contributed by atoms with Gasteiger partial charge in [0.05, 0.1) is 7.11 Å².